The summed E-state index contributed by atoms with van der Waals surface area (Å²) >= 11 is 0. The lowest BCUT2D eigenvalue weighted by Gasteiger charge is -2.13. The maximum atomic E-state index is 13.2. The maximum Gasteiger partial charge on any atom is 0.219 e. The molecule has 94 valence electrons. The Labute approximate surface area is 92.2 Å². The van der Waals surface area contributed by atoms with Crippen molar-refractivity contribution in [3.63, 3.8) is 0 Å². The number of hydrogen-bond acceptors (Lipinski definition) is 2. The summed E-state index contributed by atoms with van der Waals surface area (Å²) in [5.41, 5.74) is 8.61. The van der Waals surface area contributed by atoms with E-state index in [4.69, 9.17) is 11.5 Å². The predicted molar refractivity (Wildman–Crippen MR) is 47.0 cm³/mol. The van der Waals surface area contributed by atoms with Gasteiger partial charge < -0.3 is 11.5 Å². The highest BCUT2D eigenvalue weighted by molar-refractivity contribution is 5.74. The second-order valence-electron chi connectivity index (χ2n) is 3.26. The third kappa shape index (κ3) is 2.36. The van der Waals surface area contributed by atoms with Crippen molar-refractivity contribution in [1.82, 2.24) is 0 Å². The van der Waals surface area contributed by atoms with Crippen LogP contribution in [0.4, 0.5) is 22.0 Å². The second-order valence-corrected chi connectivity index (χ2v) is 3.26. The molecule has 0 saturated carbocycles. The van der Waals surface area contributed by atoms with Crippen molar-refractivity contribution >= 4 is 5.91 Å². The van der Waals surface area contributed by atoms with Crippen molar-refractivity contribution < 1.29 is 26.7 Å². The third-order valence-electron chi connectivity index (χ3n) is 2.04. The van der Waals surface area contributed by atoms with Crippen molar-refractivity contribution in [3.8, 4) is 0 Å². The van der Waals surface area contributed by atoms with Crippen LogP contribution in [0.25, 0.3) is 0 Å². The molecule has 1 unspecified atom stereocenters. The van der Waals surface area contributed by atoms with Gasteiger partial charge in [-0.1, -0.05) is 0 Å². The van der Waals surface area contributed by atoms with Crippen LogP contribution in [-0.2, 0) is 4.79 Å². The Bertz CT molecular complexity index is 448. The summed E-state index contributed by atoms with van der Waals surface area (Å²) in [6.07, 6.45) is -0.738. The molecule has 1 rings (SSSR count). The highest BCUT2D eigenvalue weighted by Gasteiger charge is 2.29. The second kappa shape index (κ2) is 4.66. The first kappa shape index (κ1) is 13.4. The number of hydrogen-bond donors (Lipinski definition) is 2. The molecule has 17 heavy (non-hydrogen) atoms. The van der Waals surface area contributed by atoms with E-state index in [9.17, 15) is 26.7 Å². The van der Waals surface area contributed by atoms with Crippen molar-refractivity contribution in [2.24, 2.45) is 11.5 Å². The first-order chi connectivity index (χ1) is 7.77. The Morgan fingerprint density at radius 3 is 1.65 bits per heavy atom. The van der Waals surface area contributed by atoms with Crippen LogP contribution < -0.4 is 11.5 Å². The van der Waals surface area contributed by atoms with Gasteiger partial charge in [-0.15, -0.1) is 0 Å². The highest BCUT2D eigenvalue weighted by Crippen LogP contribution is 2.27. The molecular weight excluding hydrogens is 247 g/mol. The minimum Gasteiger partial charge on any atom is -0.370 e. The molecule has 0 aromatic heterocycles. The third-order valence-corrected chi connectivity index (χ3v) is 2.04. The zero-order valence-electron chi connectivity index (χ0n) is 8.24. The van der Waals surface area contributed by atoms with Gasteiger partial charge in [-0.05, 0) is 0 Å². The Balaban J connectivity index is 3.38. The topological polar surface area (TPSA) is 69.1 Å². The average molecular weight is 254 g/mol. The summed E-state index contributed by atoms with van der Waals surface area (Å²) in [6, 6.07) is -1.70. The Kier molecular flexibility index (Phi) is 3.66. The van der Waals surface area contributed by atoms with Crippen LogP contribution in [0.2, 0.25) is 0 Å². The number of nitrogens with two attached hydrogens (primary N) is 2. The molecule has 0 aliphatic rings. The molecule has 1 aromatic rings. The maximum absolute atomic E-state index is 13.2. The largest absolute Gasteiger partial charge is 0.370 e. The summed E-state index contributed by atoms with van der Waals surface area (Å²) in [4.78, 5) is 10.5. The van der Waals surface area contributed by atoms with Gasteiger partial charge in [0, 0.05) is 18.0 Å². The van der Waals surface area contributed by atoms with E-state index in [-0.39, 0.29) is 0 Å². The Morgan fingerprint density at radius 1 is 0.941 bits per heavy atom. The zero-order chi connectivity index (χ0) is 13.3. The van der Waals surface area contributed by atoms with Gasteiger partial charge in [0.05, 0.1) is 0 Å². The number of carbonyl (C=O) groups excluding carboxylic acids is 1. The minimum absolute atomic E-state index is 0.738. The van der Waals surface area contributed by atoms with Crippen molar-refractivity contribution in [2.75, 3.05) is 0 Å². The van der Waals surface area contributed by atoms with E-state index in [0.29, 0.717) is 0 Å². The van der Waals surface area contributed by atoms with E-state index in [1.165, 1.54) is 0 Å². The van der Waals surface area contributed by atoms with Crippen molar-refractivity contribution in [2.45, 2.75) is 12.5 Å². The number of carbonyl (C=O) groups is 1. The number of amides is 1. The molecule has 0 heterocycles. The fraction of sp³-hybridized carbons (Fsp3) is 0.222. The van der Waals surface area contributed by atoms with E-state index < -0.39 is 53.0 Å². The van der Waals surface area contributed by atoms with Crippen LogP contribution >= 0.6 is 0 Å². The molecule has 0 radical (unpaired) electrons. The van der Waals surface area contributed by atoms with Gasteiger partial charge in [0.1, 0.15) is 0 Å². The van der Waals surface area contributed by atoms with Crippen LogP contribution in [0.5, 0.6) is 0 Å². The normalized spacial score (nSPS) is 12.6. The zero-order valence-corrected chi connectivity index (χ0v) is 8.24. The van der Waals surface area contributed by atoms with Gasteiger partial charge >= 0.3 is 0 Å². The molecule has 0 aliphatic carbocycles. The van der Waals surface area contributed by atoms with E-state index >= 15 is 0 Å². The van der Waals surface area contributed by atoms with Gasteiger partial charge in [0.15, 0.2) is 23.3 Å². The molecule has 0 saturated heterocycles. The van der Waals surface area contributed by atoms with Crippen LogP contribution in [0.3, 0.4) is 0 Å². The Hall–Kier alpha value is -1.70. The molecular formula is C9H7F5N2O. The average Bonchev–Trinajstić information content (AvgIpc) is 2.23. The van der Waals surface area contributed by atoms with E-state index in [1.807, 2.05) is 0 Å². The molecule has 1 amide bonds. The van der Waals surface area contributed by atoms with Gasteiger partial charge in [-0.3, -0.25) is 4.79 Å². The predicted octanol–water partition coefficient (Wildman–Crippen LogP) is 1.26. The molecule has 1 atom stereocenters. The van der Waals surface area contributed by atoms with Gasteiger partial charge in [0.2, 0.25) is 11.7 Å². The molecule has 8 heteroatoms. The lowest BCUT2D eigenvalue weighted by atomic mass is 10.0. The molecule has 0 fully saturated rings. The number of rotatable bonds is 3. The SMILES string of the molecule is NC(=O)CC(N)c1c(F)c(F)c(F)c(F)c1F. The summed E-state index contributed by atoms with van der Waals surface area (Å²) in [6.45, 7) is 0. The van der Waals surface area contributed by atoms with Crippen LogP contribution in [0.15, 0.2) is 0 Å². The fourth-order valence-electron chi connectivity index (χ4n) is 1.27. The van der Waals surface area contributed by atoms with Crippen LogP contribution in [0, 0.1) is 29.1 Å². The van der Waals surface area contributed by atoms with E-state index in [1.54, 1.807) is 0 Å². The molecule has 3 nitrogen and oxygen atoms in total. The molecule has 0 spiro atoms. The standard InChI is InChI=1S/C9H7F5N2O/c10-5-4(2(15)1-3(16)17)6(11)8(13)9(14)7(5)12/h2H,1,15H2,(H2,16,17). The van der Waals surface area contributed by atoms with Crippen molar-refractivity contribution in [1.29, 1.82) is 0 Å². The number of benzene rings is 1. The monoisotopic (exact) mass is 254 g/mol. The quantitative estimate of drug-likeness (QED) is 0.484. The van der Waals surface area contributed by atoms with E-state index in [0.717, 1.165) is 0 Å². The van der Waals surface area contributed by atoms with Crippen LogP contribution in [-0.4, -0.2) is 5.91 Å². The number of primary amides is 1. The summed E-state index contributed by atoms with van der Waals surface area (Å²) in [7, 11) is 0. The first-order valence-corrected chi connectivity index (χ1v) is 4.32. The summed E-state index contributed by atoms with van der Waals surface area (Å²) in [5, 5.41) is 0. The van der Waals surface area contributed by atoms with Crippen LogP contribution in [0.1, 0.15) is 18.0 Å². The lowest BCUT2D eigenvalue weighted by molar-refractivity contribution is -0.118. The molecule has 0 bridgehead atoms. The van der Waals surface area contributed by atoms with Gasteiger partial charge in [-0.25, -0.2) is 22.0 Å². The fourth-order valence-corrected chi connectivity index (χ4v) is 1.27. The van der Waals surface area contributed by atoms with Gasteiger partial charge in [-0.2, -0.15) is 0 Å². The molecule has 1 aromatic carbocycles. The Morgan fingerprint density at radius 2 is 1.29 bits per heavy atom. The first-order valence-electron chi connectivity index (χ1n) is 4.32. The lowest BCUT2D eigenvalue weighted by Crippen LogP contribution is -2.24. The highest BCUT2D eigenvalue weighted by atomic mass is 19.2. The minimum atomic E-state index is -2.28. The molecule has 0 aliphatic heterocycles. The summed E-state index contributed by atoms with van der Waals surface area (Å²) < 4.78 is 64.5. The molecule has 4 N–H and O–H groups in total. The smallest absolute Gasteiger partial charge is 0.219 e. The summed E-state index contributed by atoms with van der Waals surface area (Å²) in [5.74, 6) is -11.7. The van der Waals surface area contributed by atoms with Gasteiger partial charge in [0.25, 0.3) is 0 Å². The van der Waals surface area contributed by atoms with E-state index in [2.05, 4.69) is 0 Å². The van der Waals surface area contributed by atoms with Crippen molar-refractivity contribution in [3.05, 3.63) is 34.6 Å². The number of halogens is 5.